The molecule has 0 amide bonds. The van der Waals surface area contributed by atoms with Crippen LogP contribution in [0.2, 0.25) is 0 Å². The van der Waals surface area contributed by atoms with Crippen molar-refractivity contribution in [3.8, 4) is 0 Å². The second-order valence-electron chi connectivity index (χ2n) is 4.13. The maximum absolute atomic E-state index is 13.4. The molecule has 1 atom stereocenters. The van der Waals surface area contributed by atoms with Gasteiger partial charge in [0.05, 0.1) is 6.10 Å². The molecule has 0 bridgehead atoms. The van der Waals surface area contributed by atoms with Crippen LogP contribution in [-0.2, 0) is 6.54 Å². The van der Waals surface area contributed by atoms with Crippen molar-refractivity contribution < 1.29 is 9.50 Å². The number of benzene rings is 1. The van der Waals surface area contributed by atoms with Gasteiger partial charge in [-0.15, -0.1) is 0 Å². The molecule has 0 aliphatic carbocycles. The number of hydrogen-bond donors (Lipinski definition) is 1. The van der Waals surface area contributed by atoms with Gasteiger partial charge in [-0.2, -0.15) is 0 Å². The van der Waals surface area contributed by atoms with Gasteiger partial charge in [0, 0.05) is 24.5 Å². The molecule has 1 aromatic carbocycles. The number of aliphatic hydroxyl groups excluding tert-OH is 1. The van der Waals surface area contributed by atoms with Crippen LogP contribution < -0.4 is 0 Å². The van der Waals surface area contributed by atoms with E-state index in [2.05, 4.69) is 0 Å². The van der Waals surface area contributed by atoms with Crippen LogP contribution in [0.3, 0.4) is 0 Å². The summed E-state index contributed by atoms with van der Waals surface area (Å²) in [7, 11) is 0. The van der Waals surface area contributed by atoms with Crippen LogP contribution in [0.4, 0.5) is 4.39 Å². The third kappa shape index (κ3) is 2.74. The van der Waals surface area contributed by atoms with E-state index in [0.717, 1.165) is 5.56 Å². The molecule has 2 nitrogen and oxygen atoms in total. The zero-order valence-electron chi connectivity index (χ0n) is 9.81. The maximum atomic E-state index is 13.4. The van der Waals surface area contributed by atoms with Crippen molar-refractivity contribution in [1.82, 2.24) is 4.57 Å². The monoisotopic (exact) mass is 233 g/mol. The van der Waals surface area contributed by atoms with Gasteiger partial charge in [0.1, 0.15) is 5.82 Å². The van der Waals surface area contributed by atoms with Gasteiger partial charge in [0.2, 0.25) is 0 Å². The van der Waals surface area contributed by atoms with E-state index in [1.165, 1.54) is 6.07 Å². The predicted molar refractivity (Wildman–Crippen MR) is 65.2 cm³/mol. The molecule has 0 saturated heterocycles. The lowest BCUT2D eigenvalue weighted by Gasteiger charge is -2.06. The van der Waals surface area contributed by atoms with Crippen molar-refractivity contribution in [2.24, 2.45) is 0 Å². The molecule has 17 heavy (non-hydrogen) atoms. The molecule has 0 spiro atoms. The summed E-state index contributed by atoms with van der Waals surface area (Å²) >= 11 is 0. The lowest BCUT2D eigenvalue weighted by molar-refractivity contribution is 0.173. The average Bonchev–Trinajstić information content (AvgIpc) is 2.80. The molecule has 1 heterocycles. The highest BCUT2D eigenvalue weighted by Crippen LogP contribution is 2.17. The number of rotatable bonds is 4. The Labute approximate surface area is 100 Å². The van der Waals surface area contributed by atoms with Crippen molar-refractivity contribution in [3.63, 3.8) is 0 Å². The van der Waals surface area contributed by atoms with Gasteiger partial charge >= 0.3 is 0 Å². The fourth-order valence-electron chi connectivity index (χ4n) is 1.81. The smallest absolute Gasteiger partial charge is 0.128 e. The summed E-state index contributed by atoms with van der Waals surface area (Å²) in [6, 6.07) is 8.60. The third-order valence-electron chi connectivity index (χ3n) is 2.86. The lowest BCUT2D eigenvalue weighted by Crippen LogP contribution is -1.99. The lowest BCUT2D eigenvalue weighted by atomic mass is 10.1. The summed E-state index contributed by atoms with van der Waals surface area (Å²) in [5.41, 5.74) is 1.53. The Bertz CT molecular complexity index is 492. The molecule has 2 rings (SSSR count). The van der Waals surface area contributed by atoms with E-state index in [1.807, 2.05) is 36.0 Å². The largest absolute Gasteiger partial charge is 0.388 e. The Morgan fingerprint density at radius 3 is 2.76 bits per heavy atom. The molecule has 0 aliphatic rings. The zero-order chi connectivity index (χ0) is 12.3. The third-order valence-corrected chi connectivity index (χ3v) is 2.86. The molecule has 2 aromatic rings. The standard InChI is InChI=1S/C14H16FNO/c1-2-14(17)12-7-8-16(10-12)9-11-5-3-4-6-13(11)15/h3-8,10,14,17H,2,9H2,1H3. The molecule has 1 N–H and O–H groups in total. The van der Waals surface area contributed by atoms with Gasteiger partial charge in [0.15, 0.2) is 0 Å². The minimum atomic E-state index is -0.433. The van der Waals surface area contributed by atoms with Crippen LogP contribution in [0.15, 0.2) is 42.7 Å². The molecule has 1 unspecified atom stereocenters. The summed E-state index contributed by atoms with van der Waals surface area (Å²) in [5, 5.41) is 9.68. The summed E-state index contributed by atoms with van der Waals surface area (Å²) in [6.45, 7) is 2.42. The van der Waals surface area contributed by atoms with Gasteiger partial charge in [-0.1, -0.05) is 25.1 Å². The molecule has 0 fully saturated rings. The topological polar surface area (TPSA) is 25.2 Å². The van der Waals surface area contributed by atoms with E-state index in [-0.39, 0.29) is 5.82 Å². The highest BCUT2D eigenvalue weighted by atomic mass is 19.1. The minimum Gasteiger partial charge on any atom is -0.388 e. The van der Waals surface area contributed by atoms with Crippen LogP contribution in [0.5, 0.6) is 0 Å². The fourth-order valence-corrected chi connectivity index (χ4v) is 1.81. The molecule has 0 saturated carbocycles. The number of aliphatic hydroxyl groups is 1. The van der Waals surface area contributed by atoms with Crippen LogP contribution in [0.1, 0.15) is 30.6 Å². The van der Waals surface area contributed by atoms with E-state index in [1.54, 1.807) is 12.1 Å². The second kappa shape index (κ2) is 5.15. The van der Waals surface area contributed by atoms with Crippen molar-refractivity contribution in [2.75, 3.05) is 0 Å². The maximum Gasteiger partial charge on any atom is 0.128 e. The number of halogens is 1. The molecule has 3 heteroatoms. The first-order valence-corrected chi connectivity index (χ1v) is 5.78. The van der Waals surface area contributed by atoms with Gasteiger partial charge in [-0.25, -0.2) is 4.39 Å². The summed E-state index contributed by atoms with van der Waals surface area (Å²) in [6.07, 6.45) is 3.97. The quantitative estimate of drug-likeness (QED) is 0.862. The number of aromatic nitrogens is 1. The van der Waals surface area contributed by atoms with Crippen LogP contribution in [-0.4, -0.2) is 9.67 Å². The molecule has 1 aromatic heterocycles. The van der Waals surface area contributed by atoms with E-state index in [9.17, 15) is 9.50 Å². The van der Waals surface area contributed by atoms with Crippen molar-refractivity contribution in [1.29, 1.82) is 0 Å². The van der Waals surface area contributed by atoms with E-state index < -0.39 is 6.10 Å². The van der Waals surface area contributed by atoms with Crippen molar-refractivity contribution >= 4 is 0 Å². The molecular weight excluding hydrogens is 217 g/mol. The first kappa shape index (κ1) is 11.9. The number of nitrogens with zero attached hydrogens (tertiary/aromatic N) is 1. The number of hydrogen-bond acceptors (Lipinski definition) is 1. The van der Waals surface area contributed by atoms with Crippen LogP contribution in [0, 0.1) is 5.82 Å². The van der Waals surface area contributed by atoms with E-state index in [4.69, 9.17) is 0 Å². The Hall–Kier alpha value is -1.61. The van der Waals surface area contributed by atoms with E-state index >= 15 is 0 Å². The fraction of sp³-hybridized carbons (Fsp3) is 0.286. The average molecular weight is 233 g/mol. The zero-order valence-corrected chi connectivity index (χ0v) is 9.81. The summed E-state index contributed by atoms with van der Waals surface area (Å²) in [4.78, 5) is 0. The van der Waals surface area contributed by atoms with Gasteiger partial charge in [0.25, 0.3) is 0 Å². The van der Waals surface area contributed by atoms with Crippen LogP contribution >= 0.6 is 0 Å². The first-order chi connectivity index (χ1) is 8.20. The van der Waals surface area contributed by atoms with E-state index in [0.29, 0.717) is 18.5 Å². The van der Waals surface area contributed by atoms with Gasteiger partial charge in [-0.05, 0) is 24.1 Å². The minimum absolute atomic E-state index is 0.196. The first-order valence-electron chi connectivity index (χ1n) is 5.78. The molecule has 0 radical (unpaired) electrons. The van der Waals surface area contributed by atoms with Gasteiger partial charge < -0.3 is 9.67 Å². The van der Waals surface area contributed by atoms with Crippen molar-refractivity contribution in [3.05, 3.63) is 59.7 Å². The van der Waals surface area contributed by atoms with Crippen LogP contribution in [0.25, 0.3) is 0 Å². The highest BCUT2D eigenvalue weighted by molar-refractivity contribution is 5.20. The van der Waals surface area contributed by atoms with Crippen molar-refractivity contribution in [2.45, 2.75) is 26.0 Å². The molecule has 90 valence electrons. The highest BCUT2D eigenvalue weighted by Gasteiger charge is 2.07. The second-order valence-corrected chi connectivity index (χ2v) is 4.13. The Kier molecular flexibility index (Phi) is 3.59. The summed E-state index contributed by atoms with van der Waals surface area (Å²) < 4.78 is 15.3. The molecule has 0 aliphatic heterocycles. The Morgan fingerprint density at radius 2 is 2.06 bits per heavy atom. The predicted octanol–water partition coefficient (Wildman–Crippen LogP) is 3.12. The van der Waals surface area contributed by atoms with Gasteiger partial charge in [-0.3, -0.25) is 0 Å². The summed E-state index contributed by atoms with van der Waals surface area (Å²) in [5.74, 6) is -0.196. The Balaban J connectivity index is 2.14. The molecular formula is C14H16FNO. The normalized spacial score (nSPS) is 12.6. The Morgan fingerprint density at radius 1 is 1.29 bits per heavy atom. The SMILES string of the molecule is CCC(O)c1ccn(Cc2ccccc2F)c1.